The van der Waals surface area contributed by atoms with E-state index in [9.17, 15) is 30.0 Å². The maximum atomic E-state index is 13.4. The number of phenols is 1. The highest BCUT2D eigenvalue weighted by molar-refractivity contribution is 5.74. The number of carbonyl (C=O) groups is 2. The van der Waals surface area contributed by atoms with Crippen LogP contribution in [0.2, 0.25) is 0 Å². The van der Waals surface area contributed by atoms with Crippen molar-refractivity contribution >= 4 is 11.9 Å². The Kier molecular flexibility index (Phi) is 15.4. The van der Waals surface area contributed by atoms with Gasteiger partial charge in [0, 0.05) is 23.8 Å². The van der Waals surface area contributed by atoms with Crippen molar-refractivity contribution in [1.29, 1.82) is 0 Å². The number of esters is 2. The van der Waals surface area contributed by atoms with E-state index in [1.165, 1.54) is 5.57 Å². The molecule has 3 aliphatic carbocycles. The number of phenolic OH excluding ortho intramolecular Hbond substituents is 1. The van der Waals surface area contributed by atoms with Gasteiger partial charge in [0.2, 0.25) is 0 Å². The number of allylic oxidation sites excluding steroid dienone is 5. The Labute approximate surface area is 311 Å². The second-order valence-electron chi connectivity index (χ2n) is 16.0. The largest absolute Gasteiger partial charge is 0.507 e. The van der Waals surface area contributed by atoms with Crippen LogP contribution in [0.1, 0.15) is 129 Å². The quantitative estimate of drug-likeness (QED) is 0.0546. The fourth-order valence-electron chi connectivity index (χ4n) is 8.39. The minimum absolute atomic E-state index is 0.00199. The molecule has 0 aliphatic heterocycles. The molecule has 4 rings (SSSR count). The van der Waals surface area contributed by atoms with Gasteiger partial charge >= 0.3 is 11.9 Å². The van der Waals surface area contributed by atoms with Gasteiger partial charge in [-0.1, -0.05) is 82.6 Å². The topological polar surface area (TPSA) is 134 Å². The highest BCUT2D eigenvalue weighted by Gasteiger charge is 2.42. The number of hydrogen-bond donors (Lipinski definition) is 4. The van der Waals surface area contributed by atoms with Crippen LogP contribution in [0, 0.1) is 29.6 Å². The van der Waals surface area contributed by atoms with Crippen molar-refractivity contribution in [1.82, 2.24) is 0 Å². The van der Waals surface area contributed by atoms with Crippen molar-refractivity contribution in [2.45, 2.75) is 149 Å². The van der Waals surface area contributed by atoms with Crippen molar-refractivity contribution < 1.29 is 39.5 Å². The molecular weight excluding hydrogens is 656 g/mol. The molecule has 0 fully saturated rings. The van der Waals surface area contributed by atoms with Gasteiger partial charge in [-0.3, -0.25) is 9.59 Å². The molecule has 0 spiro atoms. The highest BCUT2D eigenvalue weighted by atomic mass is 16.5. The average molecular weight is 721 g/mol. The Hall–Kier alpha value is -3.20. The first-order valence-corrected chi connectivity index (χ1v) is 19.8. The molecule has 2 unspecified atom stereocenters. The second-order valence-corrected chi connectivity index (χ2v) is 16.0. The van der Waals surface area contributed by atoms with Gasteiger partial charge in [0.15, 0.2) is 0 Å². The van der Waals surface area contributed by atoms with Crippen molar-refractivity contribution in [2.24, 2.45) is 29.6 Å². The molecule has 288 valence electrons. The van der Waals surface area contributed by atoms with Crippen LogP contribution >= 0.6 is 0 Å². The molecule has 1 aromatic carbocycles. The van der Waals surface area contributed by atoms with Crippen molar-refractivity contribution in [3.05, 3.63) is 70.9 Å². The van der Waals surface area contributed by atoms with Crippen LogP contribution in [0.4, 0.5) is 0 Å². The van der Waals surface area contributed by atoms with E-state index in [0.29, 0.717) is 37.0 Å². The molecule has 8 nitrogen and oxygen atoms in total. The zero-order valence-corrected chi connectivity index (χ0v) is 32.4. The van der Waals surface area contributed by atoms with Crippen molar-refractivity contribution in [3.8, 4) is 11.5 Å². The van der Waals surface area contributed by atoms with Gasteiger partial charge in [-0.05, 0) is 106 Å². The Bertz CT molecular complexity index is 1490. The van der Waals surface area contributed by atoms with E-state index in [1.807, 2.05) is 39.0 Å². The number of rotatable bonds is 17. The molecule has 52 heavy (non-hydrogen) atoms. The number of unbranched alkanes of at least 4 members (excludes halogenated alkanes) is 2. The number of benzene rings is 1. The molecule has 0 bridgehead atoms. The van der Waals surface area contributed by atoms with Gasteiger partial charge in [0.25, 0.3) is 0 Å². The molecule has 0 radical (unpaired) electrons. The number of hydrogen-bond acceptors (Lipinski definition) is 8. The monoisotopic (exact) mass is 720 g/mol. The average Bonchev–Trinajstić information content (AvgIpc) is 3.07. The number of ether oxygens (including phenoxy) is 2. The number of carbonyl (C=O) groups excluding carboxylic acids is 2. The zero-order chi connectivity index (χ0) is 38.1. The summed E-state index contributed by atoms with van der Waals surface area (Å²) < 4.78 is 12.0. The molecule has 0 heterocycles. The minimum Gasteiger partial charge on any atom is -0.507 e. The van der Waals surface area contributed by atoms with Crippen LogP contribution < -0.4 is 4.74 Å². The van der Waals surface area contributed by atoms with Crippen LogP contribution in [0.3, 0.4) is 0 Å². The van der Waals surface area contributed by atoms with E-state index < -0.39 is 30.4 Å². The van der Waals surface area contributed by atoms with E-state index >= 15 is 0 Å². The molecule has 0 amide bonds. The summed E-state index contributed by atoms with van der Waals surface area (Å²) in [5, 5.41) is 43.9. The lowest BCUT2D eigenvalue weighted by molar-refractivity contribution is -0.159. The number of aliphatic hydroxyl groups excluding tert-OH is 3. The molecule has 8 heteroatoms. The number of aromatic hydroxyl groups is 1. The van der Waals surface area contributed by atoms with Crippen LogP contribution in [-0.2, 0) is 20.7 Å². The molecular formula is C44H64O8. The SMILES string of the molecule is C=C(C)C1CCC(C)=CC1c1c(O)cc(CCCCC)cc1OC(=O)C[C@H](O)C[C@H](O)CC[C@@H]1[C@@H]2C(=C[C@@H](O)C[C@@H]2OC(=O)[C@@H](C)CC)C=C[C@@H]1C. The van der Waals surface area contributed by atoms with Crippen LogP contribution in [0.25, 0.3) is 0 Å². The smallest absolute Gasteiger partial charge is 0.313 e. The first-order valence-electron chi connectivity index (χ1n) is 19.8. The standard InChI is InChI=1S/C44H64O8/c1-8-10-11-12-30-20-38(48)43(37-19-27(5)13-17-35(37)26(3)4)39(21-30)51-41(49)25-34(47)23-32(45)16-18-36-29(7)14-15-31-22-33(46)24-40(42(31)36)52-44(50)28(6)9-2/h14-15,19-22,28-29,32-37,40,42,45-48H,3,8-13,16-18,23-25H2,1-2,4-7H3/t28-,29-,32+,33+,34+,35?,36-,37?,40-,42-/m0/s1. The summed E-state index contributed by atoms with van der Waals surface area (Å²) in [4.78, 5) is 26.2. The Morgan fingerprint density at radius 1 is 1.10 bits per heavy atom. The van der Waals surface area contributed by atoms with Gasteiger partial charge in [-0.2, -0.15) is 0 Å². The van der Waals surface area contributed by atoms with E-state index in [2.05, 4.69) is 39.5 Å². The van der Waals surface area contributed by atoms with Crippen LogP contribution in [0.5, 0.6) is 11.5 Å². The van der Waals surface area contributed by atoms with E-state index in [1.54, 1.807) is 6.07 Å². The third kappa shape index (κ3) is 10.9. The highest BCUT2D eigenvalue weighted by Crippen LogP contribution is 2.47. The normalized spacial score (nSPS) is 27.4. The van der Waals surface area contributed by atoms with E-state index in [0.717, 1.165) is 55.2 Å². The molecule has 3 aliphatic rings. The molecule has 1 aromatic rings. The van der Waals surface area contributed by atoms with E-state index in [4.69, 9.17) is 9.47 Å². The number of aryl methyl sites for hydroxylation is 1. The summed E-state index contributed by atoms with van der Waals surface area (Å²) in [5.74, 6) is -0.678. The summed E-state index contributed by atoms with van der Waals surface area (Å²) in [5.41, 5.74) is 4.64. The lowest BCUT2D eigenvalue weighted by atomic mass is 9.66. The Morgan fingerprint density at radius 2 is 1.85 bits per heavy atom. The molecule has 4 N–H and O–H groups in total. The van der Waals surface area contributed by atoms with Gasteiger partial charge in [-0.15, -0.1) is 0 Å². The summed E-state index contributed by atoms with van der Waals surface area (Å²) in [6.07, 6.45) is 12.3. The molecule has 0 saturated carbocycles. The fourth-order valence-corrected chi connectivity index (χ4v) is 8.39. The Morgan fingerprint density at radius 3 is 2.54 bits per heavy atom. The minimum atomic E-state index is -1.12. The maximum absolute atomic E-state index is 13.4. The maximum Gasteiger partial charge on any atom is 0.313 e. The summed E-state index contributed by atoms with van der Waals surface area (Å²) >= 11 is 0. The lowest BCUT2D eigenvalue weighted by Crippen LogP contribution is -2.43. The van der Waals surface area contributed by atoms with Gasteiger partial charge in [0.05, 0.1) is 30.7 Å². The third-order valence-corrected chi connectivity index (χ3v) is 11.6. The summed E-state index contributed by atoms with van der Waals surface area (Å²) in [6.45, 7) is 16.3. The van der Waals surface area contributed by atoms with Gasteiger partial charge in [-0.25, -0.2) is 0 Å². The first-order chi connectivity index (χ1) is 24.7. The van der Waals surface area contributed by atoms with Crippen molar-refractivity contribution in [3.63, 3.8) is 0 Å². The number of fused-ring (bicyclic) bond motifs is 1. The van der Waals surface area contributed by atoms with E-state index in [-0.39, 0.29) is 60.1 Å². The first kappa shape index (κ1) is 41.6. The third-order valence-electron chi connectivity index (χ3n) is 11.6. The second kappa shape index (κ2) is 19.2. The fraction of sp³-hybridized carbons (Fsp3) is 0.636. The van der Waals surface area contributed by atoms with Crippen LogP contribution in [-0.4, -0.2) is 56.8 Å². The molecule has 0 aromatic heterocycles. The lowest BCUT2D eigenvalue weighted by Gasteiger charge is -2.43. The summed E-state index contributed by atoms with van der Waals surface area (Å²) in [6, 6.07) is 3.65. The predicted octanol–water partition coefficient (Wildman–Crippen LogP) is 8.42. The molecule has 0 saturated heterocycles. The van der Waals surface area contributed by atoms with Gasteiger partial charge in [0.1, 0.15) is 17.6 Å². The zero-order valence-electron chi connectivity index (χ0n) is 32.4. The van der Waals surface area contributed by atoms with Crippen LogP contribution in [0.15, 0.2) is 59.7 Å². The predicted molar refractivity (Wildman–Crippen MR) is 205 cm³/mol. The number of aliphatic hydroxyl groups is 3. The Balaban J connectivity index is 1.43. The molecule has 10 atom stereocenters. The van der Waals surface area contributed by atoms with Crippen molar-refractivity contribution in [2.75, 3.05) is 0 Å². The van der Waals surface area contributed by atoms with Gasteiger partial charge < -0.3 is 29.9 Å². The summed E-state index contributed by atoms with van der Waals surface area (Å²) in [7, 11) is 0.